The van der Waals surface area contributed by atoms with Gasteiger partial charge in [0.1, 0.15) is 6.04 Å². The third kappa shape index (κ3) is 5.18. The SMILES string of the molecule is O=C1CCC(N2Cc3cc(CNCC4CCN(c5ncc(-c6cccc7ccccc67)s5)CC4)ccc3C2=O)C(=O)N1. The van der Waals surface area contributed by atoms with Gasteiger partial charge in [-0.25, -0.2) is 4.98 Å². The summed E-state index contributed by atoms with van der Waals surface area (Å²) in [6.07, 6.45) is 4.90. The number of piperidine rings is 2. The number of aromatic nitrogens is 1. The molecule has 9 heteroatoms. The van der Waals surface area contributed by atoms with E-state index in [-0.39, 0.29) is 24.1 Å². The summed E-state index contributed by atoms with van der Waals surface area (Å²) >= 11 is 1.78. The van der Waals surface area contributed by atoms with Crippen LogP contribution in [0.15, 0.2) is 66.9 Å². The van der Waals surface area contributed by atoms with Gasteiger partial charge in [-0.1, -0.05) is 65.9 Å². The van der Waals surface area contributed by atoms with E-state index in [1.165, 1.54) is 21.2 Å². The lowest BCUT2D eigenvalue weighted by Crippen LogP contribution is -2.52. The third-order valence-electron chi connectivity index (χ3n) is 8.78. The predicted octanol–water partition coefficient (Wildman–Crippen LogP) is 4.73. The first kappa shape index (κ1) is 26.8. The lowest BCUT2D eigenvalue weighted by atomic mass is 9.97. The fourth-order valence-electron chi connectivity index (χ4n) is 6.46. The van der Waals surface area contributed by atoms with Gasteiger partial charge in [-0.3, -0.25) is 19.7 Å². The van der Waals surface area contributed by atoms with Gasteiger partial charge in [0.25, 0.3) is 5.91 Å². The molecule has 42 heavy (non-hydrogen) atoms. The minimum atomic E-state index is -0.579. The van der Waals surface area contributed by atoms with Crippen molar-refractivity contribution in [2.45, 2.75) is 44.8 Å². The van der Waals surface area contributed by atoms with Crippen molar-refractivity contribution in [1.82, 2.24) is 20.5 Å². The molecule has 2 N–H and O–H groups in total. The van der Waals surface area contributed by atoms with Crippen molar-refractivity contribution in [1.29, 1.82) is 0 Å². The highest BCUT2D eigenvalue weighted by atomic mass is 32.1. The van der Waals surface area contributed by atoms with Gasteiger partial charge < -0.3 is 15.1 Å². The van der Waals surface area contributed by atoms with E-state index in [1.54, 1.807) is 16.2 Å². The standard InChI is InChI=1S/C33H33N5O3S/c39-30-11-10-28(31(40)36-30)38-20-24-16-22(8-9-26(24)32(38)41)18-34-17-21-12-14-37(15-13-21)33-35-19-29(42-33)27-7-3-5-23-4-1-2-6-25(23)27/h1-9,16,19,21,28,34H,10-15,17-18,20H2,(H,36,39,40). The van der Waals surface area contributed by atoms with E-state index >= 15 is 0 Å². The van der Waals surface area contributed by atoms with Gasteiger partial charge in [-0.15, -0.1) is 0 Å². The molecular formula is C33H33N5O3S. The molecule has 8 nitrogen and oxygen atoms in total. The first-order valence-electron chi connectivity index (χ1n) is 14.7. The zero-order valence-electron chi connectivity index (χ0n) is 23.3. The van der Waals surface area contributed by atoms with Crippen LogP contribution in [0.3, 0.4) is 0 Å². The molecule has 3 amide bonds. The highest BCUT2D eigenvalue weighted by molar-refractivity contribution is 7.19. The minimum Gasteiger partial charge on any atom is -0.348 e. The number of benzene rings is 3. The van der Waals surface area contributed by atoms with Gasteiger partial charge in [0.15, 0.2) is 5.13 Å². The van der Waals surface area contributed by atoms with Gasteiger partial charge in [-0.2, -0.15) is 0 Å². The first-order valence-corrected chi connectivity index (χ1v) is 15.5. The van der Waals surface area contributed by atoms with Crippen molar-refractivity contribution in [2.24, 2.45) is 5.92 Å². The van der Waals surface area contributed by atoms with E-state index in [0.717, 1.165) is 55.3 Å². The Bertz CT molecular complexity index is 1670. The number of hydrogen-bond donors (Lipinski definition) is 2. The van der Waals surface area contributed by atoms with Gasteiger partial charge in [0.2, 0.25) is 11.8 Å². The van der Waals surface area contributed by atoms with Gasteiger partial charge >= 0.3 is 0 Å². The fourth-order valence-corrected chi connectivity index (χ4v) is 7.47. The number of thiazole rings is 1. The molecule has 0 spiro atoms. The van der Waals surface area contributed by atoms with E-state index in [2.05, 4.69) is 64.1 Å². The second-order valence-corrected chi connectivity index (χ2v) is 12.5. The maximum Gasteiger partial charge on any atom is 0.255 e. The number of anilines is 1. The molecule has 3 aliphatic rings. The van der Waals surface area contributed by atoms with E-state index in [1.807, 2.05) is 18.3 Å². The average molecular weight is 580 g/mol. The van der Waals surface area contributed by atoms with Crippen molar-refractivity contribution >= 4 is 45.0 Å². The highest BCUT2D eigenvalue weighted by Gasteiger charge is 2.39. The van der Waals surface area contributed by atoms with Crippen molar-refractivity contribution < 1.29 is 14.4 Å². The third-order valence-corrected chi connectivity index (χ3v) is 9.88. The Hall–Kier alpha value is -4.08. The molecule has 4 aromatic rings. The Morgan fingerprint density at radius 1 is 0.952 bits per heavy atom. The van der Waals surface area contributed by atoms with Crippen molar-refractivity contribution in [3.63, 3.8) is 0 Å². The molecule has 3 aromatic carbocycles. The zero-order chi connectivity index (χ0) is 28.6. The second-order valence-electron chi connectivity index (χ2n) is 11.5. The van der Waals surface area contributed by atoms with E-state index in [4.69, 9.17) is 4.98 Å². The lowest BCUT2D eigenvalue weighted by molar-refractivity contribution is -0.136. The lowest BCUT2D eigenvalue weighted by Gasteiger charge is -2.31. The average Bonchev–Trinajstić information content (AvgIpc) is 3.62. The Morgan fingerprint density at radius 2 is 1.79 bits per heavy atom. The number of nitrogens with zero attached hydrogens (tertiary/aromatic N) is 3. The molecule has 0 radical (unpaired) electrons. The molecular weight excluding hydrogens is 546 g/mol. The van der Waals surface area contributed by atoms with Crippen LogP contribution in [0.2, 0.25) is 0 Å². The molecule has 7 rings (SSSR count). The zero-order valence-corrected chi connectivity index (χ0v) is 24.2. The van der Waals surface area contributed by atoms with E-state index in [0.29, 0.717) is 24.4 Å². The Labute approximate surface area is 248 Å². The summed E-state index contributed by atoms with van der Waals surface area (Å²) in [6, 6.07) is 20.3. The van der Waals surface area contributed by atoms with E-state index < -0.39 is 6.04 Å². The van der Waals surface area contributed by atoms with Crippen molar-refractivity contribution in [2.75, 3.05) is 24.5 Å². The maximum absolute atomic E-state index is 12.9. The molecule has 3 aliphatic heterocycles. The minimum absolute atomic E-state index is 0.129. The Morgan fingerprint density at radius 3 is 2.64 bits per heavy atom. The second kappa shape index (κ2) is 11.3. The number of amides is 3. The normalized spacial score (nSPS) is 19.4. The monoisotopic (exact) mass is 579 g/mol. The van der Waals surface area contributed by atoms with Gasteiger partial charge in [0.05, 0.1) is 4.88 Å². The number of imide groups is 1. The number of carbonyl (C=O) groups is 3. The number of hydrogen-bond acceptors (Lipinski definition) is 7. The molecule has 0 aliphatic carbocycles. The molecule has 2 fully saturated rings. The van der Waals surface area contributed by atoms with Crippen LogP contribution in [-0.2, 0) is 22.7 Å². The summed E-state index contributed by atoms with van der Waals surface area (Å²) in [5.74, 6) is -0.165. The molecule has 2 saturated heterocycles. The van der Waals surface area contributed by atoms with Crippen molar-refractivity contribution in [3.05, 3.63) is 83.6 Å². The molecule has 0 bridgehead atoms. The van der Waals surface area contributed by atoms with Gasteiger partial charge in [-0.05, 0) is 59.7 Å². The van der Waals surface area contributed by atoms with E-state index in [9.17, 15) is 14.4 Å². The maximum atomic E-state index is 12.9. The van der Waals surface area contributed by atoms with Crippen LogP contribution < -0.4 is 15.5 Å². The molecule has 4 heterocycles. The predicted molar refractivity (Wildman–Crippen MR) is 164 cm³/mol. The van der Waals surface area contributed by atoms with Gasteiger partial charge in [0, 0.05) is 49.9 Å². The first-order chi connectivity index (χ1) is 20.5. The van der Waals surface area contributed by atoms with Crippen LogP contribution >= 0.6 is 11.3 Å². The summed E-state index contributed by atoms with van der Waals surface area (Å²) in [5, 5.41) is 9.60. The largest absolute Gasteiger partial charge is 0.348 e. The summed E-state index contributed by atoms with van der Waals surface area (Å²) in [7, 11) is 0. The van der Waals surface area contributed by atoms with Crippen LogP contribution in [-0.4, -0.2) is 53.3 Å². The van der Waals surface area contributed by atoms with Crippen LogP contribution in [0.5, 0.6) is 0 Å². The molecule has 214 valence electrons. The topological polar surface area (TPSA) is 94.6 Å². The van der Waals surface area contributed by atoms with Crippen LogP contribution in [0, 0.1) is 5.92 Å². The number of fused-ring (bicyclic) bond motifs is 2. The van der Waals surface area contributed by atoms with Crippen molar-refractivity contribution in [3.8, 4) is 10.4 Å². The Balaban J connectivity index is 0.907. The smallest absolute Gasteiger partial charge is 0.255 e. The molecule has 1 unspecified atom stereocenters. The number of rotatable bonds is 7. The number of nitrogens with one attached hydrogen (secondary N) is 2. The van der Waals surface area contributed by atoms with Crippen LogP contribution in [0.1, 0.15) is 47.2 Å². The van der Waals surface area contributed by atoms with Crippen LogP contribution in [0.25, 0.3) is 21.2 Å². The number of carbonyl (C=O) groups excluding carboxylic acids is 3. The summed E-state index contributed by atoms with van der Waals surface area (Å²) in [4.78, 5) is 46.8. The van der Waals surface area contributed by atoms with Crippen LogP contribution in [0.4, 0.5) is 5.13 Å². The summed E-state index contributed by atoms with van der Waals surface area (Å²) < 4.78 is 0. The fraction of sp³-hybridized carbons (Fsp3) is 0.333. The summed E-state index contributed by atoms with van der Waals surface area (Å²) in [5.41, 5.74) is 3.98. The molecule has 0 saturated carbocycles. The highest BCUT2D eigenvalue weighted by Crippen LogP contribution is 2.36. The summed E-state index contributed by atoms with van der Waals surface area (Å²) in [6.45, 7) is 4.11. The quantitative estimate of drug-likeness (QED) is 0.308. The molecule has 1 atom stereocenters. The Kier molecular flexibility index (Phi) is 7.21. The molecule has 1 aromatic heterocycles.